The number of hydrogen-bond donors (Lipinski definition) is 0. The number of hydrogen-bond acceptors (Lipinski definition) is 6. The van der Waals surface area contributed by atoms with E-state index in [0.717, 1.165) is 35.4 Å². The van der Waals surface area contributed by atoms with E-state index in [4.69, 9.17) is 14.2 Å². The van der Waals surface area contributed by atoms with Gasteiger partial charge in [0.1, 0.15) is 11.1 Å². The van der Waals surface area contributed by atoms with Crippen molar-refractivity contribution in [3.05, 3.63) is 33.7 Å². The fourth-order valence-electron chi connectivity index (χ4n) is 2.91. The zero-order chi connectivity index (χ0) is 17.1. The van der Waals surface area contributed by atoms with Crippen LogP contribution in [0.3, 0.4) is 0 Å². The number of aryl methyl sites for hydroxylation is 1. The van der Waals surface area contributed by atoms with Crippen molar-refractivity contribution in [3.63, 3.8) is 0 Å². The van der Waals surface area contributed by atoms with Crippen LogP contribution in [0.5, 0.6) is 17.2 Å². The Morgan fingerprint density at radius 1 is 1.12 bits per heavy atom. The molecule has 0 aliphatic heterocycles. The van der Waals surface area contributed by atoms with Crippen molar-refractivity contribution in [2.24, 2.45) is 4.99 Å². The van der Waals surface area contributed by atoms with E-state index in [1.807, 2.05) is 12.1 Å². The molecule has 2 aromatic rings. The Hall–Kier alpha value is -2.52. The molecular weight excluding hydrogens is 324 g/mol. The lowest BCUT2D eigenvalue weighted by molar-refractivity contribution is 0.324. The van der Waals surface area contributed by atoms with Gasteiger partial charge in [-0.15, -0.1) is 11.3 Å². The molecule has 3 rings (SSSR count). The van der Waals surface area contributed by atoms with E-state index in [1.165, 1.54) is 10.4 Å². The van der Waals surface area contributed by atoms with Gasteiger partial charge in [0.05, 0.1) is 26.9 Å². The first kappa shape index (κ1) is 16.3. The minimum atomic E-state index is 0.546. The van der Waals surface area contributed by atoms with E-state index in [9.17, 15) is 5.26 Å². The van der Waals surface area contributed by atoms with Crippen molar-refractivity contribution in [2.75, 3.05) is 21.3 Å². The molecule has 0 radical (unpaired) electrons. The molecule has 0 N–H and O–H groups in total. The first-order valence-electron chi connectivity index (χ1n) is 7.60. The largest absolute Gasteiger partial charge is 0.493 e. The molecule has 1 aromatic carbocycles. The lowest BCUT2D eigenvalue weighted by Gasteiger charge is -2.12. The Labute approximate surface area is 145 Å². The van der Waals surface area contributed by atoms with E-state index in [2.05, 4.69) is 11.1 Å². The summed E-state index contributed by atoms with van der Waals surface area (Å²) in [7, 11) is 4.73. The van der Waals surface area contributed by atoms with Gasteiger partial charge in [-0.2, -0.15) is 5.26 Å². The first-order valence-corrected chi connectivity index (χ1v) is 8.42. The number of thiophene rings is 1. The minimum Gasteiger partial charge on any atom is -0.493 e. The Bertz CT molecular complexity index is 809. The summed E-state index contributed by atoms with van der Waals surface area (Å²) in [6.07, 6.45) is 4.89. The van der Waals surface area contributed by atoms with Crippen molar-refractivity contribution in [1.29, 1.82) is 5.26 Å². The topological polar surface area (TPSA) is 63.8 Å². The standard InChI is InChI=1S/C18H18N2O3S/c1-21-14-7-11(8-15(22-2)17(14)23-3)10-20-18-13(9-19)12-5-4-6-16(12)24-18/h7-8,10H,4-6H2,1-3H3. The Balaban J connectivity index is 1.97. The molecule has 0 fully saturated rings. The van der Waals surface area contributed by atoms with Crippen LogP contribution in [-0.2, 0) is 12.8 Å². The van der Waals surface area contributed by atoms with Crippen LogP contribution in [-0.4, -0.2) is 27.5 Å². The summed E-state index contributed by atoms with van der Waals surface area (Å²) < 4.78 is 16.0. The lowest BCUT2D eigenvalue weighted by atomic mass is 10.1. The highest BCUT2D eigenvalue weighted by molar-refractivity contribution is 7.16. The quantitative estimate of drug-likeness (QED) is 0.774. The average molecular weight is 342 g/mol. The fourth-order valence-corrected chi connectivity index (χ4v) is 4.09. The molecule has 0 unspecified atom stereocenters. The summed E-state index contributed by atoms with van der Waals surface area (Å²) in [4.78, 5) is 5.83. The summed E-state index contributed by atoms with van der Waals surface area (Å²) in [5.74, 6) is 1.70. The second-order valence-corrected chi connectivity index (χ2v) is 6.45. The summed E-state index contributed by atoms with van der Waals surface area (Å²) in [6, 6.07) is 5.97. The van der Waals surface area contributed by atoms with Gasteiger partial charge in [0.15, 0.2) is 11.5 Å². The SMILES string of the molecule is COc1cc(C=Nc2sc3c(c2C#N)CCC3)cc(OC)c1OC. The number of methoxy groups -OCH3 is 3. The molecule has 0 bridgehead atoms. The third-order valence-electron chi connectivity index (χ3n) is 4.03. The van der Waals surface area contributed by atoms with Gasteiger partial charge in [0, 0.05) is 16.7 Å². The number of aliphatic imine (C=N–C) groups is 1. The number of nitrogens with zero attached hydrogens (tertiary/aromatic N) is 2. The highest BCUT2D eigenvalue weighted by Gasteiger charge is 2.21. The predicted octanol–water partition coefficient (Wildman–Crippen LogP) is 3.88. The van der Waals surface area contributed by atoms with Gasteiger partial charge in [-0.1, -0.05) is 0 Å². The maximum absolute atomic E-state index is 9.43. The molecule has 0 saturated carbocycles. The fraction of sp³-hybridized carbons (Fsp3) is 0.333. The van der Waals surface area contributed by atoms with Crippen LogP contribution in [0.2, 0.25) is 0 Å². The van der Waals surface area contributed by atoms with Crippen molar-refractivity contribution in [3.8, 4) is 23.3 Å². The number of rotatable bonds is 5. The molecular formula is C18H18N2O3S. The zero-order valence-corrected chi connectivity index (χ0v) is 14.7. The normalized spacial score (nSPS) is 12.9. The number of fused-ring (bicyclic) bond motifs is 1. The van der Waals surface area contributed by atoms with Crippen LogP contribution in [0.1, 0.15) is 28.0 Å². The Kier molecular flexibility index (Phi) is 4.72. The average Bonchev–Trinajstić information content (AvgIpc) is 3.19. The van der Waals surface area contributed by atoms with Gasteiger partial charge >= 0.3 is 0 Å². The molecule has 24 heavy (non-hydrogen) atoms. The molecule has 1 heterocycles. The molecule has 5 nitrogen and oxygen atoms in total. The van der Waals surface area contributed by atoms with Gasteiger partial charge in [0.25, 0.3) is 0 Å². The van der Waals surface area contributed by atoms with E-state index >= 15 is 0 Å². The third kappa shape index (κ3) is 2.83. The number of benzene rings is 1. The van der Waals surface area contributed by atoms with Crippen molar-refractivity contribution < 1.29 is 14.2 Å². The summed E-state index contributed by atoms with van der Waals surface area (Å²) in [6.45, 7) is 0. The second-order valence-electron chi connectivity index (χ2n) is 5.37. The maximum atomic E-state index is 9.43. The van der Waals surface area contributed by atoms with Crippen molar-refractivity contribution in [1.82, 2.24) is 0 Å². The molecule has 1 aliphatic carbocycles. The van der Waals surface area contributed by atoms with Gasteiger partial charge in [-0.25, -0.2) is 4.99 Å². The van der Waals surface area contributed by atoms with Gasteiger partial charge in [-0.05, 0) is 37.0 Å². The highest BCUT2D eigenvalue weighted by atomic mass is 32.1. The molecule has 0 spiro atoms. The van der Waals surface area contributed by atoms with E-state index in [1.54, 1.807) is 38.9 Å². The number of nitriles is 1. The maximum Gasteiger partial charge on any atom is 0.203 e. The van der Waals surface area contributed by atoms with Gasteiger partial charge in [-0.3, -0.25) is 0 Å². The summed E-state index contributed by atoms with van der Waals surface area (Å²) in [5, 5.41) is 10.2. The molecule has 1 aromatic heterocycles. The van der Waals surface area contributed by atoms with Crippen LogP contribution in [0, 0.1) is 11.3 Å². The Morgan fingerprint density at radius 3 is 2.42 bits per heavy atom. The first-order chi connectivity index (χ1) is 11.7. The summed E-state index contributed by atoms with van der Waals surface area (Å²) >= 11 is 1.61. The zero-order valence-electron chi connectivity index (χ0n) is 13.9. The minimum absolute atomic E-state index is 0.546. The second kappa shape index (κ2) is 6.93. The van der Waals surface area contributed by atoms with Gasteiger partial charge in [0.2, 0.25) is 5.75 Å². The number of ether oxygens (including phenoxy) is 3. The molecule has 6 heteroatoms. The Morgan fingerprint density at radius 2 is 1.83 bits per heavy atom. The molecule has 0 atom stereocenters. The summed E-state index contributed by atoms with van der Waals surface area (Å²) in [5.41, 5.74) is 2.72. The van der Waals surface area contributed by atoms with Crippen molar-refractivity contribution in [2.45, 2.75) is 19.3 Å². The molecule has 124 valence electrons. The van der Waals surface area contributed by atoms with E-state index < -0.39 is 0 Å². The molecule has 0 amide bonds. The monoisotopic (exact) mass is 342 g/mol. The van der Waals surface area contributed by atoms with Crippen LogP contribution in [0.25, 0.3) is 0 Å². The third-order valence-corrected chi connectivity index (χ3v) is 5.23. The van der Waals surface area contributed by atoms with Crippen LogP contribution in [0.15, 0.2) is 17.1 Å². The van der Waals surface area contributed by atoms with Gasteiger partial charge < -0.3 is 14.2 Å². The highest BCUT2D eigenvalue weighted by Crippen LogP contribution is 2.41. The van der Waals surface area contributed by atoms with Crippen LogP contribution < -0.4 is 14.2 Å². The lowest BCUT2D eigenvalue weighted by Crippen LogP contribution is -1.96. The van der Waals surface area contributed by atoms with Crippen molar-refractivity contribution >= 4 is 22.6 Å². The smallest absolute Gasteiger partial charge is 0.203 e. The van der Waals surface area contributed by atoms with E-state index in [-0.39, 0.29) is 0 Å². The predicted molar refractivity (Wildman–Crippen MR) is 94.4 cm³/mol. The van der Waals surface area contributed by atoms with Crippen LogP contribution >= 0.6 is 11.3 Å². The van der Waals surface area contributed by atoms with Crippen LogP contribution in [0.4, 0.5) is 5.00 Å². The molecule has 0 saturated heterocycles. The van der Waals surface area contributed by atoms with E-state index in [0.29, 0.717) is 17.2 Å². The molecule has 1 aliphatic rings.